The highest BCUT2D eigenvalue weighted by atomic mass is 16.1. The van der Waals surface area contributed by atoms with Crippen molar-refractivity contribution in [2.45, 2.75) is 39.8 Å². The first-order valence-electron chi connectivity index (χ1n) is 8.81. The second-order valence-electron chi connectivity index (χ2n) is 6.72. The maximum Gasteiger partial charge on any atom is 0.251 e. The molecule has 0 aliphatic rings. The fraction of sp³-hybridized carbons (Fsp3) is 0.286. The average Bonchev–Trinajstić information content (AvgIpc) is 2.93. The molecule has 5 nitrogen and oxygen atoms in total. The summed E-state index contributed by atoms with van der Waals surface area (Å²) in [5.74, 6) is -0.0564. The van der Waals surface area contributed by atoms with E-state index < -0.39 is 0 Å². The third-order valence-electron chi connectivity index (χ3n) is 4.29. The standard InChI is InChI=1S/C21H24N4O/c1-15(12-19-5-4-10-22-13-19)23-21(26)20-8-6-18(7-9-20)14-25-17(3)11-16(2)24-25/h4-11,13,15H,12,14H2,1-3H3,(H,23,26)/t15-/m0/s1. The summed E-state index contributed by atoms with van der Waals surface area (Å²) in [5.41, 5.74) is 5.05. The zero-order valence-corrected chi connectivity index (χ0v) is 15.4. The number of pyridine rings is 1. The van der Waals surface area contributed by atoms with Gasteiger partial charge in [-0.15, -0.1) is 0 Å². The number of benzene rings is 1. The predicted octanol–water partition coefficient (Wildman–Crippen LogP) is 3.30. The Morgan fingerprint density at radius 3 is 2.54 bits per heavy atom. The molecular weight excluding hydrogens is 324 g/mol. The van der Waals surface area contributed by atoms with Crippen LogP contribution in [0.3, 0.4) is 0 Å². The van der Waals surface area contributed by atoms with E-state index in [1.54, 1.807) is 6.20 Å². The second-order valence-corrected chi connectivity index (χ2v) is 6.72. The van der Waals surface area contributed by atoms with Gasteiger partial charge in [0.1, 0.15) is 0 Å². The lowest BCUT2D eigenvalue weighted by Crippen LogP contribution is -2.34. The molecule has 0 aliphatic heterocycles. The quantitative estimate of drug-likeness (QED) is 0.743. The van der Waals surface area contributed by atoms with Crippen LogP contribution >= 0.6 is 0 Å². The number of rotatable bonds is 6. The summed E-state index contributed by atoms with van der Waals surface area (Å²) in [6.07, 6.45) is 4.34. The van der Waals surface area contributed by atoms with E-state index in [2.05, 4.69) is 21.5 Å². The predicted molar refractivity (Wildman–Crippen MR) is 102 cm³/mol. The van der Waals surface area contributed by atoms with Crippen LogP contribution in [0.25, 0.3) is 0 Å². The molecule has 26 heavy (non-hydrogen) atoms. The van der Waals surface area contributed by atoms with Gasteiger partial charge in [0.05, 0.1) is 12.2 Å². The number of amides is 1. The van der Waals surface area contributed by atoms with E-state index in [1.165, 1.54) is 0 Å². The zero-order chi connectivity index (χ0) is 18.5. The van der Waals surface area contributed by atoms with Crippen molar-refractivity contribution in [2.75, 3.05) is 0 Å². The largest absolute Gasteiger partial charge is 0.349 e. The molecule has 0 spiro atoms. The Morgan fingerprint density at radius 2 is 1.92 bits per heavy atom. The van der Waals surface area contributed by atoms with Gasteiger partial charge in [0.15, 0.2) is 0 Å². The molecule has 3 rings (SSSR count). The normalized spacial score (nSPS) is 12.0. The van der Waals surface area contributed by atoms with E-state index in [4.69, 9.17) is 0 Å². The summed E-state index contributed by atoms with van der Waals surface area (Å²) in [6.45, 7) is 6.75. The van der Waals surface area contributed by atoms with Gasteiger partial charge < -0.3 is 5.32 Å². The summed E-state index contributed by atoms with van der Waals surface area (Å²) in [6, 6.07) is 13.7. The number of carbonyl (C=O) groups is 1. The van der Waals surface area contributed by atoms with Crippen LogP contribution in [0.1, 0.15) is 39.8 Å². The molecule has 5 heteroatoms. The molecule has 1 amide bonds. The van der Waals surface area contributed by atoms with Crippen LogP contribution in [0, 0.1) is 13.8 Å². The van der Waals surface area contributed by atoms with Gasteiger partial charge >= 0.3 is 0 Å². The van der Waals surface area contributed by atoms with Crippen LogP contribution in [0.15, 0.2) is 54.9 Å². The summed E-state index contributed by atoms with van der Waals surface area (Å²) in [7, 11) is 0. The minimum absolute atomic E-state index is 0.0427. The smallest absolute Gasteiger partial charge is 0.251 e. The Labute approximate surface area is 154 Å². The van der Waals surface area contributed by atoms with Crippen LogP contribution in [-0.4, -0.2) is 26.7 Å². The molecule has 0 unspecified atom stereocenters. The van der Waals surface area contributed by atoms with Gasteiger partial charge in [-0.05, 0) is 62.6 Å². The molecule has 1 aromatic carbocycles. The van der Waals surface area contributed by atoms with Crippen molar-refractivity contribution >= 4 is 5.91 Å². The Morgan fingerprint density at radius 1 is 1.15 bits per heavy atom. The highest BCUT2D eigenvalue weighted by Crippen LogP contribution is 2.10. The molecule has 0 bridgehead atoms. The molecule has 3 aromatic rings. The van der Waals surface area contributed by atoms with Crippen molar-refractivity contribution in [1.29, 1.82) is 0 Å². The lowest BCUT2D eigenvalue weighted by Gasteiger charge is -2.14. The number of hydrogen-bond donors (Lipinski definition) is 1. The monoisotopic (exact) mass is 348 g/mol. The van der Waals surface area contributed by atoms with E-state index in [-0.39, 0.29) is 11.9 Å². The van der Waals surface area contributed by atoms with Crippen LogP contribution in [0.4, 0.5) is 0 Å². The fourth-order valence-corrected chi connectivity index (χ4v) is 3.00. The SMILES string of the molecule is Cc1cc(C)n(Cc2ccc(C(=O)N[C@@H](C)Cc3cccnc3)cc2)n1. The van der Waals surface area contributed by atoms with E-state index >= 15 is 0 Å². The minimum Gasteiger partial charge on any atom is -0.349 e. The highest BCUT2D eigenvalue weighted by Gasteiger charge is 2.11. The van der Waals surface area contributed by atoms with E-state index in [0.29, 0.717) is 12.1 Å². The molecule has 1 N–H and O–H groups in total. The molecule has 0 saturated carbocycles. The number of aryl methyl sites for hydroxylation is 2. The Bertz CT molecular complexity index is 869. The number of nitrogens with one attached hydrogen (secondary N) is 1. The average molecular weight is 348 g/mol. The third kappa shape index (κ3) is 4.57. The highest BCUT2D eigenvalue weighted by molar-refractivity contribution is 5.94. The Kier molecular flexibility index (Phi) is 5.46. The molecule has 0 saturated heterocycles. The molecule has 134 valence electrons. The second kappa shape index (κ2) is 7.95. The van der Waals surface area contributed by atoms with Gasteiger partial charge in [0, 0.05) is 29.7 Å². The van der Waals surface area contributed by atoms with Gasteiger partial charge in [-0.1, -0.05) is 18.2 Å². The lowest BCUT2D eigenvalue weighted by atomic mass is 10.1. The zero-order valence-electron chi connectivity index (χ0n) is 15.4. The number of aromatic nitrogens is 3. The maximum absolute atomic E-state index is 12.4. The molecule has 1 atom stereocenters. The summed E-state index contributed by atoms with van der Waals surface area (Å²) in [4.78, 5) is 16.5. The van der Waals surface area contributed by atoms with E-state index in [9.17, 15) is 4.79 Å². The first kappa shape index (κ1) is 17.9. The molecule has 0 aliphatic carbocycles. The topological polar surface area (TPSA) is 59.8 Å². The molecule has 0 radical (unpaired) electrons. The van der Waals surface area contributed by atoms with E-state index in [0.717, 1.165) is 28.9 Å². The number of hydrogen-bond acceptors (Lipinski definition) is 3. The first-order chi connectivity index (χ1) is 12.5. The van der Waals surface area contributed by atoms with Crippen LogP contribution in [0.5, 0.6) is 0 Å². The van der Waals surface area contributed by atoms with Crippen molar-refractivity contribution in [3.8, 4) is 0 Å². The van der Waals surface area contributed by atoms with Crippen molar-refractivity contribution in [3.63, 3.8) is 0 Å². The summed E-state index contributed by atoms with van der Waals surface area (Å²) >= 11 is 0. The van der Waals surface area contributed by atoms with Crippen molar-refractivity contribution in [3.05, 3.63) is 82.9 Å². The van der Waals surface area contributed by atoms with Crippen molar-refractivity contribution in [1.82, 2.24) is 20.1 Å². The lowest BCUT2D eigenvalue weighted by molar-refractivity contribution is 0.0940. The third-order valence-corrected chi connectivity index (χ3v) is 4.29. The Hall–Kier alpha value is -2.95. The van der Waals surface area contributed by atoms with Crippen molar-refractivity contribution < 1.29 is 4.79 Å². The fourth-order valence-electron chi connectivity index (χ4n) is 3.00. The van der Waals surface area contributed by atoms with Gasteiger partial charge in [0.2, 0.25) is 0 Å². The van der Waals surface area contributed by atoms with Crippen LogP contribution in [0.2, 0.25) is 0 Å². The van der Waals surface area contributed by atoms with Crippen LogP contribution < -0.4 is 5.32 Å². The molecule has 2 heterocycles. The molecular formula is C21H24N4O. The molecule has 0 fully saturated rings. The maximum atomic E-state index is 12.4. The van der Waals surface area contributed by atoms with Gasteiger partial charge in [-0.25, -0.2) is 0 Å². The Balaban J connectivity index is 1.59. The number of nitrogens with zero attached hydrogens (tertiary/aromatic N) is 3. The first-order valence-corrected chi connectivity index (χ1v) is 8.81. The van der Waals surface area contributed by atoms with Gasteiger partial charge in [-0.3, -0.25) is 14.5 Å². The van der Waals surface area contributed by atoms with Gasteiger partial charge in [0.25, 0.3) is 5.91 Å². The van der Waals surface area contributed by atoms with Gasteiger partial charge in [-0.2, -0.15) is 5.10 Å². The number of carbonyl (C=O) groups excluding carboxylic acids is 1. The van der Waals surface area contributed by atoms with E-state index in [1.807, 2.05) is 68.0 Å². The van der Waals surface area contributed by atoms with Crippen molar-refractivity contribution in [2.24, 2.45) is 0 Å². The van der Waals surface area contributed by atoms with Crippen LogP contribution in [-0.2, 0) is 13.0 Å². The minimum atomic E-state index is -0.0564. The summed E-state index contributed by atoms with van der Waals surface area (Å²) < 4.78 is 1.97. The molecule has 2 aromatic heterocycles. The summed E-state index contributed by atoms with van der Waals surface area (Å²) in [5, 5.41) is 7.52.